The highest BCUT2D eigenvalue weighted by atomic mass is 79.9. The lowest BCUT2D eigenvalue weighted by atomic mass is 10.1. The third kappa shape index (κ3) is 1.89. The lowest BCUT2D eigenvalue weighted by molar-refractivity contribution is 0.148. The van der Waals surface area contributed by atoms with Gasteiger partial charge in [0.2, 0.25) is 0 Å². The zero-order valence-corrected chi connectivity index (χ0v) is 8.55. The maximum Gasteiger partial charge on any atom is 0.266 e. The largest absolute Gasteiger partial charge is 0.325 e. The Labute approximate surface area is 87.7 Å². The van der Waals surface area contributed by atoms with Crippen LogP contribution in [0.3, 0.4) is 0 Å². The van der Waals surface area contributed by atoms with E-state index in [1.165, 1.54) is 6.20 Å². The molecule has 0 aliphatic heterocycles. The molecule has 0 amide bonds. The molecule has 1 aromatic rings. The summed E-state index contributed by atoms with van der Waals surface area (Å²) in [6.07, 6.45) is -1.47. The van der Waals surface area contributed by atoms with Crippen LogP contribution in [0.4, 0.5) is 8.78 Å². The Bertz CT molecular complexity index is 387. The third-order valence-electron chi connectivity index (χ3n) is 1.67. The molecule has 0 saturated heterocycles. The van der Waals surface area contributed by atoms with Gasteiger partial charge in [-0.05, 0) is 15.9 Å². The number of nitriles is 1. The summed E-state index contributed by atoms with van der Waals surface area (Å²) in [6, 6.07) is 1.76. The topological polar surface area (TPSA) is 62.7 Å². The molecule has 74 valence electrons. The van der Waals surface area contributed by atoms with Crippen molar-refractivity contribution in [3.8, 4) is 6.07 Å². The first-order valence-corrected chi connectivity index (χ1v) is 4.46. The van der Waals surface area contributed by atoms with E-state index in [-0.39, 0.29) is 27.8 Å². The van der Waals surface area contributed by atoms with E-state index >= 15 is 0 Å². The van der Waals surface area contributed by atoms with Crippen molar-refractivity contribution in [2.24, 2.45) is 5.73 Å². The van der Waals surface area contributed by atoms with Crippen molar-refractivity contribution in [1.29, 1.82) is 5.26 Å². The lowest BCUT2D eigenvalue weighted by Crippen LogP contribution is -2.06. The number of nitrogens with zero attached hydrogens (tertiary/aromatic N) is 2. The summed E-state index contributed by atoms with van der Waals surface area (Å²) in [5.74, 6) is 0. The molecule has 2 N–H and O–H groups in total. The number of alkyl halides is 2. The highest BCUT2D eigenvalue weighted by molar-refractivity contribution is 9.10. The highest BCUT2D eigenvalue weighted by Gasteiger charge is 2.19. The van der Waals surface area contributed by atoms with Crippen LogP contribution in [0.1, 0.15) is 23.2 Å². The van der Waals surface area contributed by atoms with Crippen molar-refractivity contribution in [1.82, 2.24) is 4.98 Å². The molecule has 0 aromatic carbocycles. The van der Waals surface area contributed by atoms with Gasteiger partial charge in [-0.15, -0.1) is 0 Å². The van der Waals surface area contributed by atoms with Crippen molar-refractivity contribution in [2.75, 3.05) is 0 Å². The summed E-state index contributed by atoms with van der Waals surface area (Å²) in [5.41, 5.74) is 5.13. The zero-order valence-electron chi connectivity index (χ0n) is 6.97. The van der Waals surface area contributed by atoms with Crippen LogP contribution >= 0.6 is 15.9 Å². The molecule has 0 saturated carbocycles. The number of rotatable bonds is 2. The van der Waals surface area contributed by atoms with Gasteiger partial charge in [0.15, 0.2) is 0 Å². The minimum atomic E-state index is -2.69. The second-order valence-corrected chi connectivity index (χ2v) is 3.26. The fraction of sp³-hybridized carbons (Fsp3) is 0.250. The first kappa shape index (κ1) is 11.0. The predicted molar refractivity (Wildman–Crippen MR) is 49.5 cm³/mol. The van der Waals surface area contributed by atoms with E-state index in [0.717, 1.165) is 0 Å². The SMILES string of the molecule is N#Cc1cnc(CN)c(C(F)F)c1Br. The molecular formula is C8H6BrF2N3. The maximum absolute atomic E-state index is 12.6. The molecule has 0 aliphatic carbocycles. The van der Waals surface area contributed by atoms with E-state index in [0.29, 0.717) is 0 Å². The van der Waals surface area contributed by atoms with Crippen molar-refractivity contribution in [3.63, 3.8) is 0 Å². The van der Waals surface area contributed by atoms with E-state index in [1.54, 1.807) is 6.07 Å². The van der Waals surface area contributed by atoms with Crippen molar-refractivity contribution >= 4 is 15.9 Å². The van der Waals surface area contributed by atoms with Gasteiger partial charge in [0.1, 0.15) is 6.07 Å². The lowest BCUT2D eigenvalue weighted by Gasteiger charge is -2.08. The van der Waals surface area contributed by atoms with E-state index < -0.39 is 6.43 Å². The standard InChI is InChI=1S/C8H6BrF2N3/c9-7-4(1-12)3-14-5(2-13)6(7)8(10)11/h3,8H,2,13H2. The number of hydrogen-bond acceptors (Lipinski definition) is 3. The maximum atomic E-state index is 12.6. The molecule has 0 fully saturated rings. The van der Waals surface area contributed by atoms with Crippen LogP contribution in [0.25, 0.3) is 0 Å². The number of nitrogens with two attached hydrogens (primary N) is 1. The second-order valence-electron chi connectivity index (χ2n) is 2.46. The zero-order chi connectivity index (χ0) is 10.7. The molecule has 0 unspecified atom stereocenters. The first-order valence-electron chi connectivity index (χ1n) is 3.67. The minimum absolute atomic E-state index is 0.0745. The quantitative estimate of drug-likeness (QED) is 0.887. The van der Waals surface area contributed by atoms with Gasteiger partial charge >= 0.3 is 0 Å². The van der Waals surface area contributed by atoms with Gasteiger partial charge in [0.25, 0.3) is 6.43 Å². The molecule has 0 radical (unpaired) electrons. The monoisotopic (exact) mass is 261 g/mol. The van der Waals surface area contributed by atoms with E-state index in [4.69, 9.17) is 11.0 Å². The Morgan fingerprint density at radius 3 is 2.71 bits per heavy atom. The van der Waals surface area contributed by atoms with Crippen LogP contribution in [-0.2, 0) is 6.54 Å². The summed E-state index contributed by atoms with van der Waals surface area (Å²) < 4.78 is 25.2. The first-order chi connectivity index (χ1) is 6.61. The summed E-state index contributed by atoms with van der Waals surface area (Å²) in [4.78, 5) is 3.69. The molecular weight excluding hydrogens is 256 g/mol. The van der Waals surface area contributed by atoms with Gasteiger partial charge < -0.3 is 5.73 Å². The highest BCUT2D eigenvalue weighted by Crippen LogP contribution is 2.31. The molecule has 0 atom stereocenters. The molecule has 1 heterocycles. The number of hydrogen-bond donors (Lipinski definition) is 1. The fourth-order valence-electron chi connectivity index (χ4n) is 1.00. The Morgan fingerprint density at radius 2 is 2.29 bits per heavy atom. The van der Waals surface area contributed by atoms with Gasteiger partial charge in [0, 0.05) is 17.2 Å². The number of pyridine rings is 1. The van der Waals surface area contributed by atoms with Gasteiger partial charge in [-0.3, -0.25) is 4.98 Å². The average Bonchev–Trinajstić information content (AvgIpc) is 2.16. The smallest absolute Gasteiger partial charge is 0.266 e. The molecule has 1 rings (SSSR count). The molecule has 6 heteroatoms. The molecule has 0 bridgehead atoms. The minimum Gasteiger partial charge on any atom is -0.325 e. The Morgan fingerprint density at radius 1 is 1.64 bits per heavy atom. The van der Waals surface area contributed by atoms with Crippen LogP contribution in [0.2, 0.25) is 0 Å². The van der Waals surface area contributed by atoms with E-state index in [2.05, 4.69) is 20.9 Å². The Hall–Kier alpha value is -1.06. The van der Waals surface area contributed by atoms with Crippen LogP contribution in [0.5, 0.6) is 0 Å². The normalized spacial score (nSPS) is 10.3. The number of aromatic nitrogens is 1. The van der Waals surface area contributed by atoms with Gasteiger partial charge in [-0.1, -0.05) is 0 Å². The van der Waals surface area contributed by atoms with E-state index in [1.807, 2.05) is 0 Å². The van der Waals surface area contributed by atoms with Crippen LogP contribution in [-0.4, -0.2) is 4.98 Å². The molecule has 1 aromatic heterocycles. The van der Waals surface area contributed by atoms with Crippen LogP contribution in [0, 0.1) is 11.3 Å². The average molecular weight is 262 g/mol. The van der Waals surface area contributed by atoms with Gasteiger partial charge in [-0.2, -0.15) is 5.26 Å². The Kier molecular flexibility index (Phi) is 3.49. The van der Waals surface area contributed by atoms with Crippen molar-refractivity contribution in [3.05, 3.63) is 27.5 Å². The summed E-state index contributed by atoms with van der Waals surface area (Å²) in [7, 11) is 0. The summed E-state index contributed by atoms with van der Waals surface area (Å²) in [6.45, 7) is -0.0794. The van der Waals surface area contributed by atoms with Crippen LogP contribution in [0.15, 0.2) is 10.7 Å². The summed E-state index contributed by atoms with van der Waals surface area (Å²) >= 11 is 2.94. The molecule has 14 heavy (non-hydrogen) atoms. The van der Waals surface area contributed by atoms with Gasteiger partial charge in [0.05, 0.1) is 16.8 Å². The van der Waals surface area contributed by atoms with Crippen LogP contribution < -0.4 is 5.73 Å². The predicted octanol–water partition coefficient (Wildman–Crippen LogP) is 2.11. The fourth-order valence-corrected chi connectivity index (χ4v) is 1.60. The molecule has 0 aliphatic rings. The van der Waals surface area contributed by atoms with Crippen molar-refractivity contribution in [2.45, 2.75) is 13.0 Å². The second kappa shape index (κ2) is 4.44. The number of halogens is 3. The summed E-state index contributed by atoms with van der Waals surface area (Å²) in [5, 5.41) is 8.59. The van der Waals surface area contributed by atoms with Crippen molar-refractivity contribution < 1.29 is 8.78 Å². The molecule has 3 nitrogen and oxygen atoms in total. The van der Waals surface area contributed by atoms with E-state index in [9.17, 15) is 8.78 Å². The Balaban J connectivity index is 3.41. The molecule has 0 spiro atoms. The van der Waals surface area contributed by atoms with Gasteiger partial charge in [-0.25, -0.2) is 8.78 Å². The third-order valence-corrected chi connectivity index (χ3v) is 2.52.